The average Bonchev–Trinajstić information content (AvgIpc) is 3.05. The lowest BCUT2D eigenvalue weighted by molar-refractivity contribution is 0.382. The fourth-order valence-corrected chi connectivity index (χ4v) is 2.96. The van der Waals surface area contributed by atoms with Crippen molar-refractivity contribution in [2.45, 2.75) is 24.5 Å². The smallest absolute Gasteiger partial charge is 0.236 e. The van der Waals surface area contributed by atoms with Crippen LogP contribution in [0.25, 0.3) is 0 Å². The highest BCUT2D eigenvalue weighted by Crippen LogP contribution is 2.36. The minimum absolute atomic E-state index is 0.259. The van der Waals surface area contributed by atoms with Crippen LogP contribution in [0.4, 0.5) is 0 Å². The predicted molar refractivity (Wildman–Crippen MR) is 72.7 cm³/mol. The zero-order valence-corrected chi connectivity index (χ0v) is 11.2. The Bertz CT molecular complexity index is 617. The van der Waals surface area contributed by atoms with Gasteiger partial charge in [0.05, 0.1) is 17.6 Å². The summed E-state index contributed by atoms with van der Waals surface area (Å²) >= 11 is 1.49. The zero-order valence-electron chi connectivity index (χ0n) is 10.4. The van der Waals surface area contributed by atoms with E-state index in [9.17, 15) is 0 Å². The van der Waals surface area contributed by atoms with Crippen molar-refractivity contribution >= 4 is 11.8 Å². The van der Waals surface area contributed by atoms with Gasteiger partial charge in [-0.1, -0.05) is 29.4 Å². The SMILES string of the molecule is N#CCSCc1nc(C2CCc3ccccc32)no1. The average molecular weight is 271 g/mol. The van der Waals surface area contributed by atoms with E-state index < -0.39 is 0 Å². The second-order valence-electron chi connectivity index (χ2n) is 4.49. The van der Waals surface area contributed by atoms with E-state index in [0.717, 1.165) is 18.7 Å². The van der Waals surface area contributed by atoms with Crippen LogP contribution in [-0.4, -0.2) is 15.9 Å². The maximum atomic E-state index is 8.49. The molecule has 1 unspecified atom stereocenters. The largest absolute Gasteiger partial charge is 0.338 e. The molecule has 5 heteroatoms. The van der Waals surface area contributed by atoms with Gasteiger partial charge in [-0.2, -0.15) is 10.2 Å². The summed E-state index contributed by atoms with van der Waals surface area (Å²) in [6.45, 7) is 0. The van der Waals surface area contributed by atoms with E-state index in [1.807, 2.05) is 0 Å². The van der Waals surface area contributed by atoms with Crippen molar-refractivity contribution < 1.29 is 4.52 Å². The van der Waals surface area contributed by atoms with Gasteiger partial charge in [-0.15, -0.1) is 11.8 Å². The van der Waals surface area contributed by atoms with E-state index in [0.29, 0.717) is 17.4 Å². The Morgan fingerprint density at radius 2 is 2.32 bits per heavy atom. The fraction of sp³-hybridized carbons (Fsp3) is 0.357. The maximum Gasteiger partial charge on any atom is 0.236 e. The topological polar surface area (TPSA) is 62.7 Å². The Labute approximate surface area is 115 Å². The van der Waals surface area contributed by atoms with Crippen molar-refractivity contribution in [3.63, 3.8) is 0 Å². The lowest BCUT2D eigenvalue weighted by atomic mass is 10.0. The third-order valence-corrected chi connectivity index (χ3v) is 4.10. The summed E-state index contributed by atoms with van der Waals surface area (Å²) in [5.74, 6) is 2.70. The number of fused-ring (bicyclic) bond motifs is 1. The number of hydrogen-bond donors (Lipinski definition) is 0. The molecule has 0 radical (unpaired) electrons. The van der Waals surface area contributed by atoms with Gasteiger partial charge in [0.15, 0.2) is 5.82 Å². The minimum atomic E-state index is 0.259. The number of thioether (sulfide) groups is 1. The Hall–Kier alpha value is -1.80. The van der Waals surface area contributed by atoms with Crippen LogP contribution in [0.15, 0.2) is 28.8 Å². The van der Waals surface area contributed by atoms with Gasteiger partial charge in [-0.05, 0) is 24.0 Å². The lowest BCUT2D eigenvalue weighted by Gasteiger charge is -2.05. The number of hydrogen-bond acceptors (Lipinski definition) is 5. The molecule has 19 heavy (non-hydrogen) atoms. The molecule has 3 rings (SSSR count). The third-order valence-electron chi connectivity index (χ3n) is 3.32. The molecule has 0 bridgehead atoms. The maximum absolute atomic E-state index is 8.49. The summed E-state index contributed by atoms with van der Waals surface area (Å²) < 4.78 is 5.25. The second kappa shape index (κ2) is 5.45. The van der Waals surface area contributed by atoms with E-state index in [1.54, 1.807) is 0 Å². The van der Waals surface area contributed by atoms with Crippen LogP contribution in [0, 0.1) is 11.3 Å². The van der Waals surface area contributed by atoms with E-state index >= 15 is 0 Å². The highest BCUT2D eigenvalue weighted by atomic mass is 32.2. The molecule has 0 aliphatic heterocycles. The number of benzene rings is 1. The summed E-state index contributed by atoms with van der Waals surface area (Å²) in [6.07, 6.45) is 2.12. The van der Waals surface area contributed by atoms with Crippen molar-refractivity contribution in [2.75, 3.05) is 5.75 Å². The second-order valence-corrected chi connectivity index (χ2v) is 5.47. The highest BCUT2D eigenvalue weighted by Gasteiger charge is 2.27. The molecule has 4 nitrogen and oxygen atoms in total. The lowest BCUT2D eigenvalue weighted by Crippen LogP contribution is -1.98. The molecule has 0 fully saturated rings. The van der Waals surface area contributed by atoms with Crippen molar-refractivity contribution in [2.24, 2.45) is 0 Å². The molecule has 1 aromatic carbocycles. The Balaban J connectivity index is 1.76. The molecule has 1 aromatic heterocycles. The summed E-state index contributed by atoms with van der Waals surface area (Å²) in [5.41, 5.74) is 2.71. The molecule has 0 spiro atoms. The molecular formula is C14H13N3OS. The molecular weight excluding hydrogens is 258 g/mol. The van der Waals surface area contributed by atoms with Gasteiger partial charge in [0.1, 0.15) is 0 Å². The van der Waals surface area contributed by atoms with Gasteiger partial charge < -0.3 is 4.52 Å². The first-order valence-electron chi connectivity index (χ1n) is 6.23. The van der Waals surface area contributed by atoms with Crippen molar-refractivity contribution in [1.29, 1.82) is 5.26 Å². The summed E-state index contributed by atoms with van der Waals surface area (Å²) in [5, 5.41) is 12.6. The fourth-order valence-electron chi connectivity index (χ4n) is 2.48. The van der Waals surface area contributed by atoms with E-state index in [-0.39, 0.29) is 5.92 Å². The van der Waals surface area contributed by atoms with Gasteiger partial charge in [-0.25, -0.2) is 0 Å². The molecule has 0 saturated carbocycles. The molecule has 1 aliphatic carbocycles. The normalized spacial score (nSPS) is 17.1. The van der Waals surface area contributed by atoms with Crippen LogP contribution in [-0.2, 0) is 12.2 Å². The van der Waals surface area contributed by atoms with Gasteiger partial charge in [-0.3, -0.25) is 0 Å². The molecule has 1 aliphatic rings. The first kappa shape index (κ1) is 12.2. The summed E-state index contributed by atoms with van der Waals surface area (Å²) in [7, 11) is 0. The van der Waals surface area contributed by atoms with Crippen molar-refractivity contribution in [1.82, 2.24) is 10.1 Å². The molecule has 1 atom stereocenters. The van der Waals surface area contributed by atoms with Gasteiger partial charge in [0.25, 0.3) is 0 Å². The van der Waals surface area contributed by atoms with E-state index in [4.69, 9.17) is 9.78 Å². The molecule has 0 saturated heterocycles. The quantitative estimate of drug-likeness (QED) is 0.800. The van der Waals surface area contributed by atoms with Crippen LogP contribution in [0.1, 0.15) is 35.2 Å². The predicted octanol–water partition coefficient (Wildman–Crippen LogP) is 2.90. The van der Waals surface area contributed by atoms with Crippen LogP contribution in [0.2, 0.25) is 0 Å². The number of nitrogens with zero attached hydrogens (tertiary/aromatic N) is 3. The molecule has 0 N–H and O–H groups in total. The molecule has 2 aromatic rings. The first-order chi connectivity index (χ1) is 9.38. The monoisotopic (exact) mass is 271 g/mol. The van der Waals surface area contributed by atoms with Crippen LogP contribution in [0.5, 0.6) is 0 Å². The molecule has 1 heterocycles. The van der Waals surface area contributed by atoms with E-state index in [2.05, 4.69) is 40.5 Å². The van der Waals surface area contributed by atoms with Crippen LogP contribution >= 0.6 is 11.8 Å². The zero-order chi connectivity index (χ0) is 13.1. The number of aryl methyl sites for hydroxylation is 1. The summed E-state index contributed by atoms with van der Waals surface area (Å²) in [6, 6.07) is 10.5. The van der Waals surface area contributed by atoms with Gasteiger partial charge in [0.2, 0.25) is 5.89 Å². The van der Waals surface area contributed by atoms with E-state index in [1.165, 1.54) is 22.9 Å². The Morgan fingerprint density at radius 3 is 3.21 bits per heavy atom. The number of nitriles is 1. The highest BCUT2D eigenvalue weighted by molar-refractivity contribution is 7.98. The first-order valence-corrected chi connectivity index (χ1v) is 7.39. The summed E-state index contributed by atoms with van der Waals surface area (Å²) in [4.78, 5) is 4.45. The minimum Gasteiger partial charge on any atom is -0.338 e. The standard InChI is InChI=1S/C14H13N3OS/c15-7-8-19-9-13-16-14(17-18-13)12-6-5-10-3-1-2-4-11(10)12/h1-4,12H,5-6,8-9H2. The number of aromatic nitrogens is 2. The van der Waals surface area contributed by atoms with Crippen LogP contribution < -0.4 is 0 Å². The van der Waals surface area contributed by atoms with Crippen LogP contribution in [0.3, 0.4) is 0 Å². The molecule has 0 amide bonds. The van der Waals surface area contributed by atoms with Crippen molar-refractivity contribution in [3.8, 4) is 6.07 Å². The Kier molecular flexibility index (Phi) is 3.51. The molecule has 96 valence electrons. The van der Waals surface area contributed by atoms with Crippen molar-refractivity contribution in [3.05, 3.63) is 47.1 Å². The Morgan fingerprint density at radius 1 is 1.42 bits per heavy atom. The number of rotatable bonds is 4. The van der Waals surface area contributed by atoms with Gasteiger partial charge in [0, 0.05) is 5.92 Å². The van der Waals surface area contributed by atoms with Gasteiger partial charge >= 0.3 is 0 Å². The third kappa shape index (κ3) is 2.49.